The monoisotopic (exact) mass is 109 g/mol. The van der Waals surface area contributed by atoms with Gasteiger partial charge < -0.3 is 5.11 Å². The summed E-state index contributed by atoms with van der Waals surface area (Å²) in [4.78, 5) is 8.94. The first kappa shape index (κ1) is 9.45. The van der Waals surface area contributed by atoms with Crippen LogP contribution in [0, 0.1) is 10.1 Å². The lowest BCUT2D eigenvalue weighted by Gasteiger charge is -1.76. The predicted octanol–water partition coefficient (Wildman–Crippen LogP) is -1.75. The molecule has 0 aliphatic carbocycles. The molecule has 0 fully saturated rings. The van der Waals surface area contributed by atoms with Crippen LogP contribution in [0.25, 0.3) is 0 Å². The molecule has 0 aliphatic heterocycles. The van der Waals surface area contributed by atoms with Gasteiger partial charge in [-0.15, -0.1) is 0 Å². The maximum Gasteiger partial charge on any atom is 0.173 e. The minimum atomic E-state index is -0.847. The molecule has 0 aromatic carbocycles. The van der Waals surface area contributed by atoms with Gasteiger partial charge in [-0.05, 0) is 0 Å². The standard InChI is InChI=1S/CH4O.H3N3O2/c1-2;1-2-3(4)5/h2H,1H3;2H,1H2. The second-order valence-corrected chi connectivity index (χ2v) is 0.386. The molecule has 0 radical (unpaired) electrons. The molecule has 44 valence electrons. The van der Waals surface area contributed by atoms with Gasteiger partial charge in [-0.25, -0.2) is 10.1 Å². The summed E-state index contributed by atoms with van der Waals surface area (Å²) in [5.41, 5.74) is 1.25. The van der Waals surface area contributed by atoms with E-state index >= 15 is 0 Å². The zero-order valence-electron chi connectivity index (χ0n) is 3.79. The summed E-state index contributed by atoms with van der Waals surface area (Å²) in [6, 6.07) is 0. The first-order valence-electron chi connectivity index (χ1n) is 1.32. The highest BCUT2D eigenvalue weighted by Crippen LogP contribution is 1.38. The van der Waals surface area contributed by atoms with Crippen molar-refractivity contribution in [3.63, 3.8) is 0 Å². The minimum Gasteiger partial charge on any atom is -0.400 e. The smallest absolute Gasteiger partial charge is 0.173 e. The highest BCUT2D eigenvalue weighted by Gasteiger charge is 1.73. The number of hydrogen-bond acceptors (Lipinski definition) is 4. The molecule has 6 heteroatoms. The first-order chi connectivity index (χ1) is 3.27. The van der Waals surface area contributed by atoms with E-state index in [0.29, 0.717) is 0 Å². The van der Waals surface area contributed by atoms with Crippen LogP contribution >= 0.6 is 0 Å². The average Bonchev–Trinajstić information content (AvgIpc) is 1.73. The van der Waals surface area contributed by atoms with Gasteiger partial charge in [-0.1, -0.05) is 5.53 Å². The van der Waals surface area contributed by atoms with Crippen LogP contribution in [0.4, 0.5) is 0 Å². The van der Waals surface area contributed by atoms with Crippen molar-refractivity contribution in [3.05, 3.63) is 10.1 Å². The van der Waals surface area contributed by atoms with E-state index in [4.69, 9.17) is 15.2 Å². The van der Waals surface area contributed by atoms with Crippen molar-refractivity contribution in [2.24, 2.45) is 5.84 Å². The van der Waals surface area contributed by atoms with Crippen molar-refractivity contribution in [2.75, 3.05) is 7.11 Å². The Hall–Kier alpha value is -0.880. The molecule has 0 heterocycles. The van der Waals surface area contributed by atoms with Crippen molar-refractivity contribution in [1.29, 1.82) is 0 Å². The topological polar surface area (TPSA) is 101 Å². The summed E-state index contributed by atoms with van der Waals surface area (Å²) >= 11 is 0. The largest absolute Gasteiger partial charge is 0.400 e. The Morgan fingerprint density at radius 1 is 1.86 bits per heavy atom. The minimum absolute atomic E-state index is 0.847. The third-order valence-corrected chi connectivity index (χ3v) is 0.105. The van der Waals surface area contributed by atoms with Crippen LogP contribution in [0.5, 0.6) is 0 Å². The van der Waals surface area contributed by atoms with Gasteiger partial charge in [0.15, 0.2) is 5.03 Å². The maximum atomic E-state index is 8.94. The number of hydrogen-bond donors (Lipinski definition) is 3. The zero-order valence-corrected chi connectivity index (χ0v) is 3.79. The van der Waals surface area contributed by atoms with E-state index in [0.717, 1.165) is 7.11 Å². The van der Waals surface area contributed by atoms with Gasteiger partial charge in [0.05, 0.1) is 0 Å². The van der Waals surface area contributed by atoms with Crippen LogP contribution in [0.15, 0.2) is 0 Å². The van der Waals surface area contributed by atoms with Crippen molar-refractivity contribution in [2.45, 2.75) is 0 Å². The summed E-state index contributed by atoms with van der Waals surface area (Å²) in [7, 11) is 1.00. The van der Waals surface area contributed by atoms with Gasteiger partial charge in [-0.3, -0.25) is 0 Å². The Bertz CT molecular complexity index is 45.4. The van der Waals surface area contributed by atoms with E-state index in [9.17, 15) is 0 Å². The van der Waals surface area contributed by atoms with Crippen LogP contribution in [0.1, 0.15) is 0 Å². The van der Waals surface area contributed by atoms with Crippen LogP contribution in [0.3, 0.4) is 0 Å². The van der Waals surface area contributed by atoms with E-state index in [1.807, 2.05) is 0 Å². The molecule has 0 aliphatic rings. The highest BCUT2D eigenvalue weighted by atomic mass is 16.7. The van der Waals surface area contributed by atoms with E-state index in [1.54, 1.807) is 0 Å². The van der Waals surface area contributed by atoms with E-state index in [1.165, 1.54) is 5.53 Å². The van der Waals surface area contributed by atoms with Gasteiger partial charge in [0.1, 0.15) is 0 Å². The molecule has 0 unspecified atom stereocenters. The lowest BCUT2D eigenvalue weighted by atomic mass is 11.8. The summed E-state index contributed by atoms with van der Waals surface area (Å²) in [6.45, 7) is 0. The molecule has 6 nitrogen and oxygen atoms in total. The van der Waals surface area contributed by atoms with Gasteiger partial charge in [0.2, 0.25) is 0 Å². The van der Waals surface area contributed by atoms with Crippen LogP contribution < -0.4 is 11.4 Å². The Balaban J connectivity index is 0. The Morgan fingerprint density at radius 2 is 2.00 bits per heavy atom. The molecular formula is CH7N3O3. The van der Waals surface area contributed by atoms with Crippen molar-refractivity contribution >= 4 is 0 Å². The summed E-state index contributed by atoms with van der Waals surface area (Å²) in [5, 5.41) is 15.1. The van der Waals surface area contributed by atoms with Gasteiger partial charge in [0.25, 0.3) is 0 Å². The molecule has 0 aromatic heterocycles. The Labute approximate surface area is 40.0 Å². The lowest BCUT2D eigenvalue weighted by Crippen LogP contribution is -2.28. The fourth-order valence-electron chi connectivity index (χ4n) is 0. The summed E-state index contributed by atoms with van der Waals surface area (Å²) in [6.07, 6.45) is 0. The van der Waals surface area contributed by atoms with Crippen LogP contribution in [-0.4, -0.2) is 17.2 Å². The Kier molecular flexibility index (Phi) is 12.1. The molecule has 0 rings (SSSR count). The first-order valence-corrected chi connectivity index (χ1v) is 1.32. The molecule has 7 heavy (non-hydrogen) atoms. The number of nitrogens with zero attached hydrogens (tertiary/aromatic N) is 1. The van der Waals surface area contributed by atoms with Crippen molar-refractivity contribution in [3.8, 4) is 0 Å². The molecule has 0 amide bonds. The molecule has 0 spiro atoms. The molecule has 0 saturated heterocycles. The van der Waals surface area contributed by atoms with E-state index in [2.05, 4.69) is 5.84 Å². The second-order valence-electron chi connectivity index (χ2n) is 0.386. The van der Waals surface area contributed by atoms with E-state index in [-0.39, 0.29) is 0 Å². The highest BCUT2D eigenvalue weighted by molar-refractivity contribution is 3.91. The fourth-order valence-corrected chi connectivity index (χ4v) is 0. The molecule has 0 atom stereocenters. The number of nitrogens with one attached hydrogen (secondary N) is 1. The van der Waals surface area contributed by atoms with Gasteiger partial charge in [-0.2, -0.15) is 5.84 Å². The third kappa shape index (κ3) is 39.7. The van der Waals surface area contributed by atoms with Crippen LogP contribution in [-0.2, 0) is 0 Å². The number of nitro groups is 1. The number of aliphatic hydroxyl groups is 1. The predicted molar refractivity (Wildman–Crippen MR) is 22.5 cm³/mol. The van der Waals surface area contributed by atoms with Gasteiger partial charge >= 0.3 is 0 Å². The third-order valence-electron chi connectivity index (χ3n) is 0.105. The Morgan fingerprint density at radius 3 is 2.00 bits per heavy atom. The van der Waals surface area contributed by atoms with Gasteiger partial charge in [0, 0.05) is 7.11 Å². The number of rotatable bonds is 1. The molecule has 0 aromatic rings. The number of aliphatic hydroxyl groups excluding tert-OH is 1. The second kappa shape index (κ2) is 8.93. The quantitative estimate of drug-likeness (QED) is 0.210. The van der Waals surface area contributed by atoms with Crippen LogP contribution in [0.2, 0.25) is 0 Å². The molecule has 0 bridgehead atoms. The van der Waals surface area contributed by atoms with Crippen molar-refractivity contribution in [1.82, 2.24) is 5.53 Å². The normalized spacial score (nSPS) is 5.57. The SMILES string of the molecule is CO.NN[N+](=O)[O-]. The van der Waals surface area contributed by atoms with Crippen molar-refractivity contribution < 1.29 is 10.1 Å². The zero-order chi connectivity index (χ0) is 6.28. The maximum absolute atomic E-state index is 8.94. The van der Waals surface area contributed by atoms with E-state index < -0.39 is 5.03 Å². The average molecular weight is 109 g/mol. The fraction of sp³-hybridized carbons (Fsp3) is 1.00. The molecular weight excluding hydrogens is 102 g/mol. The number of hydrazine groups is 2. The summed E-state index contributed by atoms with van der Waals surface area (Å²) in [5.74, 6) is 4.22. The lowest BCUT2D eigenvalue weighted by molar-refractivity contribution is -0.546. The molecule has 0 saturated carbocycles. The molecule has 4 N–H and O–H groups in total. The number of nitrogens with two attached hydrogens (primary N) is 1. The summed E-state index contributed by atoms with van der Waals surface area (Å²) < 4.78 is 0.